The number of pyridine rings is 1. The molecule has 0 atom stereocenters. The van der Waals surface area contributed by atoms with Crippen molar-refractivity contribution in [3.63, 3.8) is 0 Å². The summed E-state index contributed by atoms with van der Waals surface area (Å²) in [5, 5.41) is 4.32. The van der Waals surface area contributed by atoms with Crippen LogP contribution in [0.2, 0.25) is 0 Å². The number of aromatic nitrogens is 3. The monoisotopic (exact) mass is 305 g/mol. The summed E-state index contributed by atoms with van der Waals surface area (Å²) in [6.45, 7) is 0. The second-order valence-electron chi connectivity index (χ2n) is 3.95. The summed E-state index contributed by atoms with van der Waals surface area (Å²) in [6, 6.07) is 10.4. The highest BCUT2D eigenvalue weighted by atomic mass is 79.9. The van der Waals surface area contributed by atoms with Crippen LogP contribution in [0.1, 0.15) is 11.4 Å². The molecule has 0 aliphatic carbocycles. The lowest BCUT2D eigenvalue weighted by molar-refractivity contribution is 0.612. The Morgan fingerprint density at radius 3 is 2.83 bits per heavy atom. The van der Waals surface area contributed by atoms with E-state index in [4.69, 9.17) is 0 Å². The van der Waals surface area contributed by atoms with Gasteiger partial charge in [0, 0.05) is 17.1 Å². The molecule has 0 radical (unpaired) electrons. The van der Waals surface area contributed by atoms with Gasteiger partial charge in [0.15, 0.2) is 11.5 Å². The number of nitrogens with zero attached hydrogens (tertiary/aromatic N) is 3. The molecule has 5 heteroatoms. The van der Waals surface area contributed by atoms with Crippen LogP contribution in [0, 0.1) is 5.82 Å². The first kappa shape index (κ1) is 11.3. The molecule has 0 fully saturated rings. The third-order valence-electron chi connectivity index (χ3n) is 2.65. The van der Waals surface area contributed by atoms with Gasteiger partial charge in [0.05, 0.1) is 0 Å². The standard InChI is InChI=1S/C13H9BrFN3/c14-10-5-6-13-16-12(17-18(13)8-10)7-9-3-1-2-4-11(9)15/h1-6,8H,7H2. The van der Waals surface area contributed by atoms with Crippen molar-refractivity contribution in [2.24, 2.45) is 0 Å². The first-order valence-corrected chi connectivity index (χ1v) is 6.26. The summed E-state index contributed by atoms with van der Waals surface area (Å²) < 4.78 is 16.1. The van der Waals surface area contributed by atoms with Crippen molar-refractivity contribution in [1.82, 2.24) is 14.6 Å². The number of hydrogen-bond donors (Lipinski definition) is 0. The van der Waals surface area contributed by atoms with Crippen LogP contribution in [-0.2, 0) is 6.42 Å². The first-order chi connectivity index (χ1) is 8.72. The summed E-state index contributed by atoms with van der Waals surface area (Å²) >= 11 is 3.37. The van der Waals surface area contributed by atoms with Crippen LogP contribution in [0.15, 0.2) is 47.1 Å². The minimum absolute atomic E-state index is 0.225. The van der Waals surface area contributed by atoms with Gasteiger partial charge < -0.3 is 0 Å². The maximum Gasteiger partial charge on any atom is 0.156 e. The van der Waals surface area contributed by atoms with Crippen molar-refractivity contribution in [2.45, 2.75) is 6.42 Å². The normalized spacial score (nSPS) is 11.0. The molecule has 18 heavy (non-hydrogen) atoms. The van der Waals surface area contributed by atoms with E-state index in [9.17, 15) is 4.39 Å². The molecule has 0 saturated heterocycles. The van der Waals surface area contributed by atoms with E-state index < -0.39 is 0 Å². The Labute approximate surface area is 111 Å². The fraction of sp³-hybridized carbons (Fsp3) is 0.0769. The number of fused-ring (bicyclic) bond motifs is 1. The van der Waals surface area contributed by atoms with E-state index in [0.717, 1.165) is 10.1 Å². The molecule has 0 aliphatic heterocycles. The fourth-order valence-electron chi connectivity index (χ4n) is 1.79. The molecule has 0 spiro atoms. The Kier molecular flexibility index (Phi) is 2.83. The number of halogens is 2. The maximum atomic E-state index is 13.5. The SMILES string of the molecule is Fc1ccccc1Cc1nc2ccc(Br)cn2n1. The number of benzene rings is 1. The molecule has 0 N–H and O–H groups in total. The zero-order valence-corrected chi connectivity index (χ0v) is 10.9. The molecule has 3 rings (SSSR count). The average Bonchev–Trinajstić information content (AvgIpc) is 2.73. The Hall–Kier alpha value is -1.75. The van der Waals surface area contributed by atoms with Gasteiger partial charge in [-0.3, -0.25) is 0 Å². The minimum Gasteiger partial charge on any atom is -0.220 e. The van der Waals surface area contributed by atoms with Crippen LogP contribution in [-0.4, -0.2) is 14.6 Å². The highest BCUT2D eigenvalue weighted by Crippen LogP contribution is 2.14. The predicted octanol–water partition coefficient (Wildman–Crippen LogP) is 3.22. The topological polar surface area (TPSA) is 30.2 Å². The summed E-state index contributed by atoms with van der Waals surface area (Å²) in [4.78, 5) is 4.35. The third kappa shape index (κ3) is 2.13. The second-order valence-corrected chi connectivity index (χ2v) is 4.86. The Balaban J connectivity index is 1.98. The van der Waals surface area contributed by atoms with Gasteiger partial charge in [0.2, 0.25) is 0 Å². The highest BCUT2D eigenvalue weighted by molar-refractivity contribution is 9.10. The van der Waals surface area contributed by atoms with E-state index in [-0.39, 0.29) is 5.82 Å². The molecule has 0 aliphatic rings. The Bertz CT molecular complexity index is 708. The molecule has 0 unspecified atom stereocenters. The first-order valence-electron chi connectivity index (χ1n) is 5.46. The van der Waals surface area contributed by atoms with E-state index in [1.54, 1.807) is 16.6 Å². The Morgan fingerprint density at radius 1 is 1.17 bits per heavy atom. The third-order valence-corrected chi connectivity index (χ3v) is 3.11. The van der Waals surface area contributed by atoms with Crippen LogP contribution >= 0.6 is 15.9 Å². The van der Waals surface area contributed by atoms with Gasteiger partial charge in [-0.25, -0.2) is 13.9 Å². The van der Waals surface area contributed by atoms with E-state index in [1.807, 2.05) is 24.4 Å². The molecule has 0 saturated carbocycles. The van der Waals surface area contributed by atoms with E-state index >= 15 is 0 Å². The minimum atomic E-state index is -0.225. The fourth-order valence-corrected chi connectivity index (χ4v) is 2.12. The molecule has 0 bridgehead atoms. The van der Waals surface area contributed by atoms with Gasteiger partial charge >= 0.3 is 0 Å². The quantitative estimate of drug-likeness (QED) is 0.727. The number of rotatable bonds is 2. The molecule has 2 aromatic heterocycles. The molecule has 0 amide bonds. The summed E-state index contributed by atoms with van der Waals surface area (Å²) in [5.41, 5.74) is 1.36. The van der Waals surface area contributed by atoms with Crippen molar-refractivity contribution in [1.29, 1.82) is 0 Å². The zero-order valence-electron chi connectivity index (χ0n) is 9.35. The lowest BCUT2D eigenvalue weighted by atomic mass is 10.1. The smallest absolute Gasteiger partial charge is 0.156 e. The van der Waals surface area contributed by atoms with Crippen molar-refractivity contribution >= 4 is 21.6 Å². The lowest BCUT2D eigenvalue weighted by Crippen LogP contribution is -1.95. The highest BCUT2D eigenvalue weighted by Gasteiger charge is 2.07. The molecular weight excluding hydrogens is 297 g/mol. The average molecular weight is 306 g/mol. The molecule has 2 heterocycles. The van der Waals surface area contributed by atoms with E-state index in [0.29, 0.717) is 17.8 Å². The van der Waals surface area contributed by atoms with Gasteiger partial charge in [-0.2, -0.15) is 5.10 Å². The molecule has 90 valence electrons. The van der Waals surface area contributed by atoms with Crippen molar-refractivity contribution in [3.8, 4) is 0 Å². The van der Waals surface area contributed by atoms with Crippen molar-refractivity contribution < 1.29 is 4.39 Å². The zero-order chi connectivity index (χ0) is 12.5. The van der Waals surface area contributed by atoms with Gasteiger partial charge in [-0.05, 0) is 39.7 Å². The van der Waals surface area contributed by atoms with Crippen LogP contribution in [0.5, 0.6) is 0 Å². The van der Waals surface area contributed by atoms with Crippen molar-refractivity contribution in [2.75, 3.05) is 0 Å². The van der Waals surface area contributed by atoms with Gasteiger partial charge in [-0.1, -0.05) is 18.2 Å². The van der Waals surface area contributed by atoms with Gasteiger partial charge in [0.25, 0.3) is 0 Å². The van der Waals surface area contributed by atoms with Crippen molar-refractivity contribution in [3.05, 3.63) is 64.3 Å². The van der Waals surface area contributed by atoms with Gasteiger partial charge in [-0.15, -0.1) is 0 Å². The van der Waals surface area contributed by atoms with E-state index in [2.05, 4.69) is 26.0 Å². The largest absolute Gasteiger partial charge is 0.220 e. The molecular formula is C13H9BrFN3. The summed E-state index contributed by atoms with van der Waals surface area (Å²) in [5.74, 6) is 0.385. The van der Waals surface area contributed by atoms with E-state index in [1.165, 1.54) is 6.07 Å². The van der Waals surface area contributed by atoms with Crippen LogP contribution < -0.4 is 0 Å². The predicted molar refractivity (Wildman–Crippen MR) is 69.9 cm³/mol. The summed E-state index contributed by atoms with van der Waals surface area (Å²) in [7, 11) is 0. The molecule has 3 nitrogen and oxygen atoms in total. The van der Waals surface area contributed by atoms with Crippen LogP contribution in [0.25, 0.3) is 5.65 Å². The Morgan fingerprint density at radius 2 is 2.00 bits per heavy atom. The second kappa shape index (κ2) is 4.49. The molecule has 3 aromatic rings. The molecule has 1 aromatic carbocycles. The lowest BCUT2D eigenvalue weighted by Gasteiger charge is -1.98. The van der Waals surface area contributed by atoms with Crippen LogP contribution in [0.3, 0.4) is 0 Å². The number of hydrogen-bond acceptors (Lipinski definition) is 2. The van der Waals surface area contributed by atoms with Crippen LogP contribution in [0.4, 0.5) is 4.39 Å². The maximum absolute atomic E-state index is 13.5. The summed E-state index contributed by atoms with van der Waals surface area (Å²) in [6.07, 6.45) is 2.22. The van der Waals surface area contributed by atoms with Gasteiger partial charge in [0.1, 0.15) is 5.82 Å².